The van der Waals surface area contributed by atoms with Gasteiger partial charge in [-0.2, -0.15) is 0 Å². The third kappa shape index (κ3) is 4.84. The number of pyridine rings is 1. The van der Waals surface area contributed by atoms with E-state index in [1.54, 1.807) is 42.4 Å². The molecule has 1 aromatic heterocycles. The molecule has 27 heavy (non-hydrogen) atoms. The van der Waals surface area contributed by atoms with Gasteiger partial charge in [0.1, 0.15) is 6.10 Å². The first-order chi connectivity index (χ1) is 13.0. The van der Waals surface area contributed by atoms with Crippen LogP contribution in [0.4, 0.5) is 10.5 Å². The number of carbonyl (C=O) groups excluding carboxylic acids is 2. The van der Waals surface area contributed by atoms with Gasteiger partial charge in [0, 0.05) is 18.9 Å². The van der Waals surface area contributed by atoms with E-state index in [0.29, 0.717) is 11.3 Å². The van der Waals surface area contributed by atoms with E-state index in [1.807, 2.05) is 25.1 Å². The van der Waals surface area contributed by atoms with Crippen molar-refractivity contribution in [2.24, 2.45) is 0 Å². The van der Waals surface area contributed by atoms with E-state index in [1.165, 1.54) is 0 Å². The molecule has 6 nitrogen and oxygen atoms in total. The van der Waals surface area contributed by atoms with Crippen molar-refractivity contribution in [1.29, 1.82) is 0 Å². The van der Waals surface area contributed by atoms with Gasteiger partial charge in [-0.15, -0.1) is 0 Å². The number of aromatic nitrogens is 1. The van der Waals surface area contributed by atoms with Gasteiger partial charge in [0.15, 0.2) is 0 Å². The predicted octanol–water partition coefficient (Wildman–Crippen LogP) is 4.41. The van der Waals surface area contributed by atoms with Crippen molar-refractivity contribution < 1.29 is 14.3 Å². The molecule has 2 aromatic rings. The number of amides is 2. The molecule has 1 aliphatic carbocycles. The molecule has 0 unspecified atom stereocenters. The molecule has 142 valence electrons. The van der Waals surface area contributed by atoms with Crippen molar-refractivity contribution >= 4 is 17.7 Å². The van der Waals surface area contributed by atoms with E-state index < -0.39 is 0 Å². The molecule has 0 bridgehead atoms. The van der Waals surface area contributed by atoms with Crippen LogP contribution < -0.4 is 5.32 Å². The zero-order chi connectivity index (χ0) is 19.2. The third-order valence-corrected chi connectivity index (χ3v) is 4.96. The first-order valence-electron chi connectivity index (χ1n) is 9.30. The molecular formula is C21H25N3O3. The van der Waals surface area contributed by atoms with Crippen LogP contribution in [0.2, 0.25) is 0 Å². The number of benzene rings is 1. The molecule has 1 N–H and O–H groups in total. The van der Waals surface area contributed by atoms with E-state index in [-0.39, 0.29) is 24.1 Å². The lowest BCUT2D eigenvalue weighted by atomic mass is 10.2. The Morgan fingerprint density at radius 1 is 1.15 bits per heavy atom. The number of urea groups is 1. The average Bonchev–Trinajstić information content (AvgIpc) is 3.21. The standard InChI is InChI=1S/C21H25N3O3/c1-15(19-9-5-6-14-22-19)24(2)21(26)23-17-12-10-16(11-13-17)20(25)27-18-7-3-4-8-18/h5-6,9-15,18H,3-4,7-8H2,1-2H3,(H,23,26)/t15-/m0/s1. The Labute approximate surface area is 159 Å². The molecule has 1 aromatic carbocycles. The molecule has 6 heteroatoms. The number of hydrogen-bond acceptors (Lipinski definition) is 4. The summed E-state index contributed by atoms with van der Waals surface area (Å²) in [6, 6.07) is 12.0. The molecule has 2 amide bonds. The lowest BCUT2D eigenvalue weighted by Crippen LogP contribution is -2.33. The number of anilines is 1. The molecule has 0 radical (unpaired) electrons. The number of ether oxygens (including phenoxy) is 1. The van der Waals surface area contributed by atoms with Crippen molar-refractivity contribution in [3.8, 4) is 0 Å². The third-order valence-electron chi connectivity index (χ3n) is 4.96. The maximum Gasteiger partial charge on any atom is 0.338 e. The van der Waals surface area contributed by atoms with Gasteiger partial charge in [-0.1, -0.05) is 6.07 Å². The number of hydrogen-bond donors (Lipinski definition) is 1. The molecular weight excluding hydrogens is 342 g/mol. The second-order valence-corrected chi connectivity index (χ2v) is 6.86. The highest BCUT2D eigenvalue weighted by atomic mass is 16.5. The van der Waals surface area contributed by atoms with Crippen molar-refractivity contribution in [2.75, 3.05) is 12.4 Å². The Hall–Kier alpha value is -2.89. The van der Waals surface area contributed by atoms with Crippen molar-refractivity contribution in [1.82, 2.24) is 9.88 Å². The van der Waals surface area contributed by atoms with Crippen LogP contribution in [0.1, 0.15) is 54.7 Å². The molecule has 1 saturated carbocycles. The summed E-state index contributed by atoms with van der Waals surface area (Å²) in [7, 11) is 1.72. The van der Waals surface area contributed by atoms with Crippen LogP contribution in [0.15, 0.2) is 48.7 Å². The summed E-state index contributed by atoms with van der Waals surface area (Å²) in [5.74, 6) is -0.305. The predicted molar refractivity (Wildman–Crippen MR) is 104 cm³/mol. The Morgan fingerprint density at radius 2 is 1.85 bits per heavy atom. The molecule has 3 rings (SSSR count). The van der Waals surface area contributed by atoms with Crippen LogP contribution in [0, 0.1) is 0 Å². The number of nitrogens with one attached hydrogen (secondary N) is 1. The number of nitrogens with zero attached hydrogens (tertiary/aromatic N) is 2. The monoisotopic (exact) mass is 367 g/mol. The molecule has 1 fully saturated rings. The summed E-state index contributed by atoms with van der Waals surface area (Å²) in [6.45, 7) is 1.92. The summed E-state index contributed by atoms with van der Waals surface area (Å²) < 4.78 is 5.50. The van der Waals surface area contributed by atoms with Crippen molar-refractivity contribution in [2.45, 2.75) is 44.8 Å². The van der Waals surface area contributed by atoms with Gasteiger partial charge < -0.3 is 15.0 Å². The topological polar surface area (TPSA) is 71.5 Å². The quantitative estimate of drug-likeness (QED) is 0.795. The normalized spacial score (nSPS) is 15.2. The summed E-state index contributed by atoms with van der Waals surface area (Å²) in [5, 5.41) is 2.84. The van der Waals surface area contributed by atoms with Crippen LogP contribution in [-0.4, -0.2) is 35.0 Å². The first kappa shape index (κ1) is 18.9. The first-order valence-corrected chi connectivity index (χ1v) is 9.30. The largest absolute Gasteiger partial charge is 0.459 e. The van der Waals surface area contributed by atoms with Gasteiger partial charge in [0.2, 0.25) is 0 Å². The summed E-state index contributed by atoms with van der Waals surface area (Å²) in [6.07, 6.45) is 5.88. The second-order valence-electron chi connectivity index (χ2n) is 6.86. The highest BCUT2D eigenvalue weighted by Crippen LogP contribution is 2.23. The van der Waals surface area contributed by atoms with E-state index >= 15 is 0 Å². The van der Waals surface area contributed by atoms with E-state index in [0.717, 1.165) is 31.4 Å². The second kappa shape index (κ2) is 8.66. The van der Waals surface area contributed by atoms with E-state index in [4.69, 9.17) is 4.74 Å². The highest BCUT2D eigenvalue weighted by Gasteiger charge is 2.21. The van der Waals surface area contributed by atoms with Gasteiger partial charge in [-0.25, -0.2) is 9.59 Å². The highest BCUT2D eigenvalue weighted by molar-refractivity contribution is 5.92. The molecule has 1 aliphatic rings. The zero-order valence-corrected chi connectivity index (χ0v) is 15.7. The lowest BCUT2D eigenvalue weighted by Gasteiger charge is -2.24. The molecule has 1 atom stereocenters. The Morgan fingerprint density at radius 3 is 2.48 bits per heavy atom. The van der Waals surface area contributed by atoms with Gasteiger partial charge in [0.25, 0.3) is 0 Å². The molecule has 0 saturated heterocycles. The van der Waals surface area contributed by atoms with Crippen LogP contribution in [0.5, 0.6) is 0 Å². The van der Waals surface area contributed by atoms with E-state index in [9.17, 15) is 9.59 Å². The van der Waals surface area contributed by atoms with Crippen LogP contribution in [0.3, 0.4) is 0 Å². The molecule has 1 heterocycles. The number of esters is 1. The maximum absolute atomic E-state index is 12.5. The Bertz CT molecular complexity index is 771. The van der Waals surface area contributed by atoms with Gasteiger partial charge in [-0.05, 0) is 69.0 Å². The summed E-state index contributed by atoms with van der Waals surface area (Å²) >= 11 is 0. The maximum atomic E-state index is 12.5. The number of rotatable bonds is 5. The van der Waals surface area contributed by atoms with Gasteiger partial charge in [-0.3, -0.25) is 4.98 Å². The fourth-order valence-corrected chi connectivity index (χ4v) is 3.12. The van der Waals surface area contributed by atoms with E-state index in [2.05, 4.69) is 10.3 Å². The molecule has 0 spiro atoms. The zero-order valence-electron chi connectivity index (χ0n) is 15.7. The minimum atomic E-state index is -0.305. The Kier molecular flexibility index (Phi) is 6.06. The van der Waals surface area contributed by atoms with Gasteiger partial charge >= 0.3 is 12.0 Å². The van der Waals surface area contributed by atoms with Crippen LogP contribution >= 0.6 is 0 Å². The SMILES string of the molecule is C[C@@H](c1ccccn1)N(C)C(=O)Nc1ccc(C(=O)OC2CCCC2)cc1. The van der Waals surface area contributed by atoms with Crippen LogP contribution in [0.25, 0.3) is 0 Å². The fraction of sp³-hybridized carbons (Fsp3) is 0.381. The summed E-state index contributed by atoms with van der Waals surface area (Å²) in [5.41, 5.74) is 1.94. The van der Waals surface area contributed by atoms with Crippen molar-refractivity contribution in [3.63, 3.8) is 0 Å². The minimum Gasteiger partial charge on any atom is -0.459 e. The van der Waals surface area contributed by atoms with Gasteiger partial charge in [0.05, 0.1) is 17.3 Å². The van der Waals surface area contributed by atoms with Crippen molar-refractivity contribution in [3.05, 3.63) is 59.9 Å². The Balaban J connectivity index is 1.57. The molecule has 0 aliphatic heterocycles. The summed E-state index contributed by atoms with van der Waals surface area (Å²) in [4.78, 5) is 30.5. The minimum absolute atomic E-state index is 0.0404. The fourth-order valence-electron chi connectivity index (χ4n) is 3.12. The average molecular weight is 367 g/mol. The smallest absolute Gasteiger partial charge is 0.338 e. The van der Waals surface area contributed by atoms with Crippen LogP contribution in [-0.2, 0) is 4.74 Å². The lowest BCUT2D eigenvalue weighted by molar-refractivity contribution is 0.0318. The number of carbonyl (C=O) groups is 2.